The first-order valence-electron chi connectivity index (χ1n) is 6.60. The van der Waals surface area contributed by atoms with Crippen LogP contribution in [0.1, 0.15) is 27.8 Å². The minimum atomic E-state index is 0.979. The Balaban J connectivity index is 2.03. The second kappa shape index (κ2) is 5.27. The third-order valence-electron chi connectivity index (χ3n) is 3.86. The molecule has 1 heteroatoms. The third-order valence-corrected chi connectivity index (χ3v) is 4.42. The van der Waals surface area contributed by atoms with Crippen LogP contribution in [0.3, 0.4) is 0 Å². The number of hydrogen-bond donors (Lipinski definition) is 0. The van der Waals surface area contributed by atoms with Crippen LogP contribution < -0.4 is 0 Å². The molecule has 92 valence electrons. The van der Waals surface area contributed by atoms with E-state index in [1.54, 1.807) is 0 Å². The first kappa shape index (κ1) is 12.0. The summed E-state index contributed by atoms with van der Waals surface area (Å²) < 4.78 is 0. The Labute approximate surface area is 117 Å². The van der Waals surface area contributed by atoms with Gasteiger partial charge in [0.2, 0.25) is 0 Å². The van der Waals surface area contributed by atoms with Gasteiger partial charge in [-0.25, -0.2) is 0 Å². The van der Waals surface area contributed by atoms with E-state index in [9.17, 15) is 0 Å². The van der Waals surface area contributed by atoms with Gasteiger partial charge in [-0.2, -0.15) is 0 Å². The maximum atomic E-state index is 3.66. The van der Waals surface area contributed by atoms with Crippen LogP contribution in [0.15, 0.2) is 42.5 Å². The first-order valence-corrected chi connectivity index (χ1v) is 7.72. The van der Waals surface area contributed by atoms with Gasteiger partial charge >= 0.3 is 0 Å². The highest BCUT2D eigenvalue weighted by atomic mass is 79.9. The average molecular weight is 301 g/mol. The number of alkyl halides is 1. The van der Waals surface area contributed by atoms with E-state index in [0.717, 1.165) is 31.0 Å². The van der Waals surface area contributed by atoms with Gasteiger partial charge in [-0.05, 0) is 53.5 Å². The molecule has 0 heterocycles. The highest BCUT2D eigenvalue weighted by Gasteiger charge is 2.10. The normalized spacial score (nSPS) is 14.3. The molecule has 0 amide bonds. The number of fused-ring (bicyclic) bond motifs is 4. The highest BCUT2D eigenvalue weighted by Crippen LogP contribution is 2.23. The zero-order chi connectivity index (χ0) is 12.4. The van der Waals surface area contributed by atoms with Gasteiger partial charge in [-0.3, -0.25) is 0 Å². The largest absolute Gasteiger partial charge is 0.0876 e. The molecule has 0 atom stereocenters. The topological polar surface area (TPSA) is 0 Å². The monoisotopic (exact) mass is 300 g/mol. The van der Waals surface area contributed by atoms with Gasteiger partial charge in [-0.1, -0.05) is 58.4 Å². The van der Waals surface area contributed by atoms with Crippen LogP contribution in [-0.2, 0) is 31.0 Å². The number of rotatable bonds is 1. The molecular formula is C17H17Br. The van der Waals surface area contributed by atoms with Gasteiger partial charge in [0.1, 0.15) is 0 Å². The molecule has 1 aliphatic rings. The van der Waals surface area contributed by atoms with Crippen LogP contribution in [0.2, 0.25) is 0 Å². The Kier molecular flexibility index (Phi) is 3.51. The van der Waals surface area contributed by atoms with Gasteiger partial charge in [0.15, 0.2) is 0 Å². The lowest BCUT2D eigenvalue weighted by Gasteiger charge is -2.16. The van der Waals surface area contributed by atoms with Crippen LogP contribution >= 0.6 is 15.9 Å². The van der Waals surface area contributed by atoms with Gasteiger partial charge < -0.3 is 0 Å². The quantitative estimate of drug-likeness (QED) is 0.682. The molecule has 0 spiro atoms. The standard InChI is InChI=1S/C17H17Br/c18-12-17-15-5-2-6-16(17)10-8-14-4-1-3-13(11-14)7-9-15/h1-6,11H,7-10,12H2. The number of aryl methyl sites for hydroxylation is 4. The van der Waals surface area contributed by atoms with Gasteiger partial charge in [-0.15, -0.1) is 0 Å². The van der Waals surface area contributed by atoms with Crippen molar-refractivity contribution in [1.82, 2.24) is 0 Å². The van der Waals surface area contributed by atoms with Crippen molar-refractivity contribution >= 4 is 15.9 Å². The van der Waals surface area contributed by atoms with E-state index in [1.807, 2.05) is 0 Å². The molecule has 0 aliphatic heterocycles. The molecule has 2 aromatic carbocycles. The first-order chi connectivity index (χ1) is 8.86. The average Bonchev–Trinajstić information content (AvgIpc) is 2.42. The van der Waals surface area contributed by atoms with Gasteiger partial charge in [0.25, 0.3) is 0 Å². The smallest absolute Gasteiger partial charge is 0.0288 e. The van der Waals surface area contributed by atoms with Crippen molar-refractivity contribution < 1.29 is 0 Å². The van der Waals surface area contributed by atoms with E-state index in [4.69, 9.17) is 0 Å². The molecule has 0 saturated heterocycles. The van der Waals surface area contributed by atoms with Gasteiger partial charge in [0, 0.05) is 5.33 Å². The predicted octanol–water partition coefficient (Wildman–Crippen LogP) is 4.47. The van der Waals surface area contributed by atoms with Crippen LogP contribution in [0.5, 0.6) is 0 Å². The SMILES string of the molecule is BrCc1c2cccc1CCc1cccc(c1)CC2. The minimum Gasteiger partial charge on any atom is -0.0876 e. The summed E-state index contributed by atoms with van der Waals surface area (Å²) in [5.74, 6) is 0. The molecule has 18 heavy (non-hydrogen) atoms. The van der Waals surface area contributed by atoms with Gasteiger partial charge in [0.05, 0.1) is 0 Å². The van der Waals surface area contributed by atoms with E-state index in [1.165, 1.54) is 27.8 Å². The molecule has 3 rings (SSSR count). The lowest BCUT2D eigenvalue weighted by Crippen LogP contribution is -2.04. The van der Waals surface area contributed by atoms with E-state index in [2.05, 4.69) is 58.4 Å². The predicted molar refractivity (Wildman–Crippen MR) is 80.3 cm³/mol. The summed E-state index contributed by atoms with van der Waals surface area (Å²) >= 11 is 3.66. The van der Waals surface area contributed by atoms with Crippen molar-refractivity contribution in [2.45, 2.75) is 31.0 Å². The molecule has 0 aromatic heterocycles. The number of halogens is 1. The molecule has 1 aliphatic carbocycles. The lowest BCUT2D eigenvalue weighted by atomic mass is 9.91. The molecule has 0 saturated carbocycles. The van der Waals surface area contributed by atoms with Crippen molar-refractivity contribution in [3.05, 3.63) is 70.3 Å². The summed E-state index contributed by atoms with van der Waals surface area (Å²) in [4.78, 5) is 0. The molecule has 0 unspecified atom stereocenters. The van der Waals surface area contributed by atoms with Crippen molar-refractivity contribution in [1.29, 1.82) is 0 Å². The van der Waals surface area contributed by atoms with E-state index < -0.39 is 0 Å². The molecule has 2 aromatic rings. The van der Waals surface area contributed by atoms with Crippen LogP contribution in [-0.4, -0.2) is 0 Å². The van der Waals surface area contributed by atoms with E-state index >= 15 is 0 Å². The van der Waals surface area contributed by atoms with Crippen LogP contribution in [0.25, 0.3) is 0 Å². The molecule has 0 fully saturated rings. The maximum absolute atomic E-state index is 3.66. The number of hydrogen-bond acceptors (Lipinski definition) is 0. The zero-order valence-electron chi connectivity index (χ0n) is 10.5. The summed E-state index contributed by atoms with van der Waals surface area (Å²) in [5.41, 5.74) is 7.48. The molecule has 0 nitrogen and oxygen atoms in total. The fourth-order valence-electron chi connectivity index (χ4n) is 2.83. The zero-order valence-corrected chi connectivity index (χ0v) is 12.0. The number of benzene rings is 2. The summed E-state index contributed by atoms with van der Waals surface area (Å²) in [5, 5.41) is 0.979. The summed E-state index contributed by atoms with van der Waals surface area (Å²) in [6.45, 7) is 0. The van der Waals surface area contributed by atoms with Crippen molar-refractivity contribution in [3.8, 4) is 0 Å². The Morgan fingerprint density at radius 3 is 1.89 bits per heavy atom. The Hall–Kier alpha value is -1.08. The third kappa shape index (κ3) is 2.37. The Morgan fingerprint density at radius 1 is 0.778 bits per heavy atom. The fourth-order valence-corrected chi connectivity index (χ4v) is 3.55. The van der Waals surface area contributed by atoms with E-state index in [0.29, 0.717) is 0 Å². The molecule has 0 N–H and O–H groups in total. The summed E-state index contributed by atoms with van der Waals surface area (Å²) in [7, 11) is 0. The Morgan fingerprint density at radius 2 is 1.33 bits per heavy atom. The summed E-state index contributed by atoms with van der Waals surface area (Å²) in [6.07, 6.45) is 4.60. The van der Waals surface area contributed by atoms with E-state index in [-0.39, 0.29) is 0 Å². The molecular weight excluding hydrogens is 284 g/mol. The second-order valence-corrected chi connectivity index (χ2v) is 5.57. The molecule has 4 bridgehead atoms. The maximum Gasteiger partial charge on any atom is 0.0288 e. The second-order valence-electron chi connectivity index (χ2n) is 5.01. The highest BCUT2D eigenvalue weighted by molar-refractivity contribution is 9.08. The minimum absolute atomic E-state index is 0.979. The van der Waals surface area contributed by atoms with Crippen LogP contribution in [0.4, 0.5) is 0 Å². The lowest BCUT2D eigenvalue weighted by molar-refractivity contribution is 0.887. The fraction of sp³-hybridized carbons (Fsp3) is 0.294. The summed E-state index contributed by atoms with van der Waals surface area (Å²) in [6, 6.07) is 15.9. The molecule has 0 radical (unpaired) electrons. The van der Waals surface area contributed by atoms with Crippen molar-refractivity contribution in [3.63, 3.8) is 0 Å². The Bertz CT molecular complexity index is 516. The van der Waals surface area contributed by atoms with Crippen molar-refractivity contribution in [2.75, 3.05) is 0 Å². The van der Waals surface area contributed by atoms with Crippen LogP contribution in [0, 0.1) is 0 Å². The van der Waals surface area contributed by atoms with Crippen molar-refractivity contribution in [2.24, 2.45) is 0 Å².